The van der Waals surface area contributed by atoms with E-state index >= 15 is 0 Å². The quantitative estimate of drug-likeness (QED) is 0.211. The fourth-order valence-corrected chi connectivity index (χ4v) is 11.5. The molecule has 5 atom stereocenters. The molecule has 11 heteroatoms. The minimum Gasteiger partial charge on any atom is -0.496 e. The molecule has 3 saturated heterocycles. The monoisotopic (exact) mass is 867 g/mol. The van der Waals surface area contributed by atoms with Crippen molar-refractivity contribution in [3.05, 3.63) is 88.0 Å². The molecule has 0 aromatic heterocycles. The van der Waals surface area contributed by atoms with Gasteiger partial charge in [-0.15, -0.1) is 0 Å². The van der Waals surface area contributed by atoms with Crippen LogP contribution in [0.25, 0.3) is 5.57 Å². The number of amides is 1. The maximum Gasteiger partial charge on any atom is 0.255 e. The second-order valence-corrected chi connectivity index (χ2v) is 19.7. The summed E-state index contributed by atoms with van der Waals surface area (Å²) < 4.78 is 41.0. The number of fused-ring (bicyclic) bond motifs is 5. The van der Waals surface area contributed by atoms with Crippen molar-refractivity contribution >= 4 is 28.6 Å². The van der Waals surface area contributed by atoms with E-state index in [1.165, 1.54) is 40.4 Å². The number of ketones is 1. The Morgan fingerprint density at radius 2 is 1.76 bits per heavy atom. The van der Waals surface area contributed by atoms with Gasteiger partial charge in [0.05, 0.1) is 43.1 Å². The summed E-state index contributed by atoms with van der Waals surface area (Å²) in [7, 11) is 1.83. The molecule has 1 amide bonds. The van der Waals surface area contributed by atoms with Gasteiger partial charge in [0.1, 0.15) is 18.1 Å². The van der Waals surface area contributed by atoms with E-state index in [1.54, 1.807) is 11.8 Å². The number of nitrogens with zero attached hydrogens (tertiary/aromatic N) is 4. The highest BCUT2D eigenvalue weighted by molar-refractivity contribution is 6.02. The summed E-state index contributed by atoms with van der Waals surface area (Å²) in [5.41, 5.74) is 10.7. The van der Waals surface area contributed by atoms with Crippen LogP contribution in [0.5, 0.6) is 11.5 Å². The number of hydrogen-bond acceptors (Lipinski definition) is 8. The topological polar surface area (TPSA) is 74.8 Å². The molecule has 63 heavy (non-hydrogen) atoms. The average molecular weight is 867 g/mol. The molecule has 0 radical (unpaired) electrons. The SMILES string of the molecule is CCC(F)F.COc1cc(N2CCC3(CC2)CC(CN2CCN4c5ccc6c(c5OC[C@@]4(C)C2)CN(C(C)C(C)=O)C6=O)CO3)ccc1C1C[C@H](C)CC(c2ccccc2C)=C1C. The lowest BCUT2D eigenvalue weighted by Gasteiger charge is -2.53. The molecule has 3 fully saturated rings. The largest absolute Gasteiger partial charge is 0.496 e. The van der Waals surface area contributed by atoms with Crippen LogP contribution in [0.4, 0.5) is 20.2 Å². The minimum absolute atomic E-state index is 0.00363. The summed E-state index contributed by atoms with van der Waals surface area (Å²) in [6.45, 7) is 21.7. The number of carbonyl (C=O) groups excluding carboxylic acids is 2. The van der Waals surface area contributed by atoms with E-state index in [2.05, 4.69) is 90.9 Å². The van der Waals surface area contributed by atoms with Gasteiger partial charge in [-0.2, -0.15) is 0 Å². The number of rotatable bonds is 9. The molecule has 1 spiro atoms. The number of aryl methyl sites for hydroxylation is 1. The zero-order valence-corrected chi connectivity index (χ0v) is 38.8. The molecule has 1 aliphatic carbocycles. The second kappa shape index (κ2) is 18.2. The first-order chi connectivity index (χ1) is 30.1. The molecule has 0 bridgehead atoms. The first-order valence-electron chi connectivity index (χ1n) is 23.3. The Kier molecular flexibility index (Phi) is 13.0. The van der Waals surface area contributed by atoms with E-state index < -0.39 is 12.5 Å². The maximum atomic E-state index is 13.2. The molecular weight excluding hydrogens is 799 g/mol. The van der Waals surface area contributed by atoms with Gasteiger partial charge in [0.15, 0.2) is 5.78 Å². The zero-order valence-electron chi connectivity index (χ0n) is 38.8. The molecule has 340 valence electrons. The Balaban J connectivity index is 0.00000103. The summed E-state index contributed by atoms with van der Waals surface area (Å²) in [6, 6.07) is 19.4. The standard InChI is InChI=1S/C49H62N4O5.C3H6F2/c1-31-22-41(38-11-9-8-10-32(38)2)33(3)42(23-31)39-13-12-37(24-45(39)56-7)51-18-16-49(17-19-51)25-36(28-58-49)26-50-20-21-53-44-15-14-40-43(46(44)57-30-48(53,6)29-50)27-52(47(40)55)34(4)35(5)54;1-2-3(4)5/h8-15,24,31,34,36,42H,16-23,25-30H2,1-7H3;3H,2H2,1H3/t31-,34?,36?,42?,48-;/m1./s1. The lowest BCUT2D eigenvalue weighted by molar-refractivity contribution is -0.120. The van der Waals surface area contributed by atoms with Crippen molar-refractivity contribution < 1.29 is 32.6 Å². The molecule has 0 saturated carbocycles. The molecule has 5 aliphatic heterocycles. The highest BCUT2D eigenvalue weighted by Crippen LogP contribution is 2.49. The third-order valence-electron chi connectivity index (χ3n) is 15.2. The molecular formula is C52H68F2N4O5. The number of halogens is 2. The molecule has 9 rings (SSSR count). The Labute approximate surface area is 373 Å². The lowest BCUT2D eigenvalue weighted by atomic mass is 9.72. The van der Waals surface area contributed by atoms with Gasteiger partial charge >= 0.3 is 0 Å². The summed E-state index contributed by atoms with van der Waals surface area (Å²) in [4.78, 5) is 34.7. The van der Waals surface area contributed by atoms with Crippen molar-refractivity contribution in [3.8, 4) is 11.5 Å². The number of alkyl halides is 2. The minimum atomic E-state index is -2.12. The summed E-state index contributed by atoms with van der Waals surface area (Å²) in [5, 5.41) is 0. The van der Waals surface area contributed by atoms with E-state index in [0.29, 0.717) is 36.5 Å². The number of benzene rings is 3. The third-order valence-corrected chi connectivity index (χ3v) is 15.2. The van der Waals surface area contributed by atoms with Gasteiger partial charge in [0.25, 0.3) is 5.91 Å². The number of anilines is 2. The van der Waals surface area contributed by atoms with Crippen LogP contribution >= 0.6 is 0 Å². The number of Topliss-reactive ketones (excluding diaryl/α,β-unsaturated/α-hetero) is 1. The number of hydrogen-bond donors (Lipinski definition) is 0. The van der Waals surface area contributed by atoms with Crippen molar-refractivity contribution in [1.82, 2.24) is 9.80 Å². The predicted molar refractivity (Wildman–Crippen MR) is 247 cm³/mol. The number of allylic oxidation sites excluding steroid dienone is 2. The Morgan fingerprint density at radius 3 is 2.46 bits per heavy atom. The van der Waals surface area contributed by atoms with E-state index in [-0.39, 0.29) is 29.3 Å². The second-order valence-electron chi connectivity index (χ2n) is 19.7. The molecule has 3 unspecified atom stereocenters. The van der Waals surface area contributed by atoms with Gasteiger partial charge in [-0.05, 0) is 113 Å². The molecule has 3 aromatic rings. The molecule has 9 nitrogen and oxygen atoms in total. The van der Waals surface area contributed by atoms with Gasteiger partial charge < -0.3 is 28.9 Å². The lowest BCUT2D eigenvalue weighted by Crippen LogP contribution is -2.65. The molecule has 6 aliphatic rings. The summed E-state index contributed by atoms with van der Waals surface area (Å²) >= 11 is 0. The molecule has 5 heterocycles. The van der Waals surface area contributed by atoms with Gasteiger partial charge in [0.2, 0.25) is 6.43 Å². The number of methoxy groups -OCH3 is 1. The fourth-order valence-electron chi connectivity index (χ4n) is 11.5. The van der Waals surface area contributed by atoms with Crippen molar-refractivity contribution in [1.29, 1.82) is 0 Å². The van der Waals surface area contributed by atoms with Crippen LogP contribution in [0.2, 0.25) is 0 Å². The summed E-state index contributed by atoms with van der Waals surface area (Å²) in [5.74, 6) is 3.22. The van der Waals surface area contributed by atoms with E-state index in [1.807, 2.05) is 20.1 Å². The first kappa shape index (κ1) is 45.1. The highest BCUT2D eigenvalue weighted by atomic mass is 19.3. The number of ether oxygens (including phenoxy) is 3. The van der Waals surface area contributed by atoms with Gasteiger partial charge in [-0.25, -0.2) is 8.78 Å². The number of carbonyl (C=O) groups is 2. The van der Waals surface area contributed by atoms with Crippen molar-refractivity contribution in [3.63, 3.8) is 0 Å². The highest BCUT2D eigenvalue weighted by Gasteiger charge is 2.48. The van der Waals surface area contributed by atoms with Crippen LogP contribution in [0.1, 0.15) is 119 Å². The zero-order chi connectivity index (χ0) is 44.8. The van der Waals surface area contributed by atoms with Crippen molar-refractivity contribution in [2.75, 3.05) is 69.4 Å². The van der Waals surface area contributed by atoms with Crippen LogP contribution in [-0.2, 0) is 16.1 Å². The number of piperidine rings is 1. The smallest absolute Gasteiger partial charge is 0.255 e. The Hall–Kier alpha value is -4.48. The van der Waals surface area contributed by atoms with E-state index in [4.69, 9.17) is 14.2 Å². The van der Waals surface area contributed by atoms with E-state index in [0.717, 1.165) is 101 Å². The normalized spacial score (nSPS) is 25.9. The predicted octanol–water partition coefficient (Wildman–Crippen LogP) is 9.93. The Bertz CT molecular complexity index is 2220. The average Bonchev–Trinajstić information content (AvgIpc) is 3.83. The fraction of sp³-hybridized carbons (Fsp3) is 0.577. The maximum absolute atomic E-state index is 13.2. The molecule has 0 N–H and O–H groups in total. The van der Waals surface area contributed by atoms with Crippen molar-refractivity contribution in [2.24, 2.45) is 11.8 Å². The van der Waals surface area contributed by atoms with Crippen LogP contribution in [-0.4, -0.2) is 105 Å². The number of piperazine rings is 1. The van der Waals surface area contributed by atoms with Crippen LogP contribution < -0.4 is 19.3 Å². The van der Waals surface area contributed by atoms with Crippen LogP contribution in [0, 0.1) is 18.8 Å². The Morgan fingerprint density at radius 1 is 1.02 bits per heavy atom. The van der Waals surface area contributed by atoms with Gasteiger partial charge in [-0.3, -0.25) is 14.5 Å². The van der Waals surface area contributed by atoms with Gasteiger partial charge in [-0.1, -0.05) is 49.8 Å². The van der Waals surface area contributed by atoms with Crippen molar-refractivity contribution in [2.45, 2.75) is 123 Å². The first-order valence-corrected chi connectivity index (χ1v) is 23.3. The molecule has 3 aromatic carbocycles. The van der Waals surface area contributed by atoms with Crippen LogP contribution in [0.15, 0.2) is 60.2 Å². The van der Waals surface area contributed by atoms with Crippen LogP contribution in [0.3, 0.4) is 0 Å². The third kappa shape index (κ3) is 8.85. The van der Waals surface area contributed by atoms with E-state index in [9.17, 15) is 18.4 Å². The summed E-state index contributed by atoms with van der Waals surface area (Å²) in [6.07, 6.45) is 3.33. The van der Waals surface area contributed by atoms with Gasteiger partial charge in [0, 0.05) is 80.1 Å².